The molecule has 0 radical (unpaired) electrons. The lowest BCUT2D eigenvalue weighted by atomic mass is 10.1. The van der Waals surface area contributed by atoms with Crippen molar-refractivity contribution >= 4 is 17.2 Å². The van der Waals surface area contributed by atoms with E-state index in [9.17, 15) is 4.79 Å². The highest BCUT2D eigenvalue weighted by Crippen LogP contribution is 2.20. The van der Waals surface area contributed by atoms with E-state index < -0.39 is 0 Å². The highest BCUT2D eigenvalue weighted by atomic mass is 16.5. The van der Waals surface area contributed by atoms with Gasteiger partial charge in [-0.05, 0) is 30.3 Å². The van der Waals surface area contributed by atoms with E-state index in [0.717, 1.165) is 11.4 Å². The Hall–Kier alpha value is -2.56. The molecule has 98 valence electrons. The molecular formula is C14H14N2O3. The van der Waals surface area contributed by atoms with Crippen LogP contribution in [0.4, 0.5) is 5.69 Å². The van der Waals surface area contributed by atoms with Gasteiger partial charge in [-0.1, -0.05) is 0 Å². The molecule has 5 nitrogen and oxygen atoms in total. The first kappa shape index (κ1) is 12.9. The van der Waals surface area contributed by atoms with Gasteiger partial charge in [0.2, 0.25) is 5.78 Å². The van der Waals surface area contributed by atoms with E-state index in [0.29, 0.717) is 11.5 Å². The summed E-state index contributed by atoms with van der Waals surface area (Å²) in [6.07, 6.45) is 2.84. The fourth-order valence-corrected chi connectivity index (χ4v) is 1.61. The number of carbonyl (C=O) groups is 1. The summed E-state index contributed by atoms with van der Waals surface area (Å²) in [5.74, 6) is 0.876. The van der Waals surface area contributed by atoms with Crippen molar-refractivity contribution in [3.63, 3.8) is 0 Å². The van der Waals surface area contributed by atoms with Gasteiger partial charge in [0.1, 0.15) is 17.2 Å². The largest absolute Gasteiger partial charge is 0.497 e. The number of carbonyl (C=O) groups excluding carboxylic acids is 1. The van der Waals surface area contributed by atoms with Gasteiger partial charge in [-0.25, -0.2) is 4.99 Å². The predicted molar refractivity (Wildman–Crippen MR) is 72.5 cm³/mol. The van der Waals surface area contributed by atoms with Crippen LogP contribution < -0.4 is 10.5 Å². The van der Waals surface area contributed by atoms with Gasteiger partial charge in [-0.2, -0.15) is 0 Å². The van der Waals surface area contributed by atoms with Crippen molar-refractivity contribution in [3.05, 3.63) is 47.9 Å². The molecule has 19 heavy (non-hydrogen) atoms. The maximum atomic E-state index is 11.4. The molecule has 5 heteroatoms. The van der Waals surface area contributed by atoms with Gasteiger partial charge in [0, 0.05) is 6.08 Å². The number of rotatable bonds is 3. The molecule has 1 aromatic carbocycles. The van der Waals surface area contributed by atoms with Crippen LogP contribution in [-0.4, -0.2) is 25.7 Å². The van der Waals surface area contributed by atoms with Crippen molar-refractivity contribution in [2.24, 2.45) is 10.7 Å². The lowest BCUT2D eigenvalue weighted by molar-refractivity contribution is -0.111. The first-order valence-electron chi connectivity index (χ1n) is 5.64. The highest BCUT2D eigenvalue weighted by Gasteiger charge is 2.17. The van der Waals surface area contributed by atoms with Crippen molar-refractivity contribution in [1.29, 1.82) is 0 Å². The van der Waals surface area contributed by atoms with Crippen molar-refractivity contribution in [2.45, 2.75) is 0 Å². The summed E-state index contributed by atoms with van der Waals surface area (Å²) in [5, 5.41) is 0. The third-order valence-electron chi connectivity index (χ3n) is 2.63. The van der Waals surface area contributed by atoms with Crippen LogP contribution in [0.2, 0.25) is 0 Å². The van der Waals surface area contributed by atoms with Gasteiger partial charge >= 0.3 is 0 Å². The quantitative estimate of drug-likeness (QED) is 0.838. The molecule has 0 saturated carbocycles. The van der Waals surface area contributed by atoms with Gasteiger partial charge in [0.05, 0.1) is 25.6 Å². The third-order valence-corrected chi connectivity index (χ3v) is 2.63. The molecule has 0 aromatic heterocycles. The smallest absolute Gasteiger partial charge is 0.205 e. The molecule has 2 rings (SSSR count). The summed E-state index contributed by atoms with van der Waals surface area (Å²) in [5.41, 5.74) is 6.98. The number of hydrogen-bond donors (Lipinski definition) is 1. The fourth-order valence-electron chi connectivity index (χ4n) is 1.61. The van der Waals surface area contributed by atoms with Crippen molar-refractivity contribution in [1.82, 2.24) is 0 Å². The Morgan fingerprint density at radius 2 is 1.74 bits per heavy atom. The Bertz CT molecular complexity index is 583. The molecule has 0 heterocycles. The van der Waals surface area contributed by atoms with E-state index in [-0.39, 0.29) is 11.5 Å². The first-order valence-corrected chi connectivity index (χ1v) is 5.64. The molecule has 1 aliphatic rings. The Labute approximate surface area is 111 Å². The topological polar surface area (TPSA) is 73.9 Å². The predicted octanol–water partition coefficient (Wildman–Crippen LogP) is 1.72. The Morgan fingerprint density at radius 1 is 1.05 bits per heavy atom. The third kappa shape index (κ3) is 2.82. The summed E-state index contributed by atoms with van der Waals surface area (Å²) in [4.78, 5) is 15.8. The van der Waals surface area contributed by atoms with Crippen LogP contribution in [0.25, 0.3) is 0 Å². The van der Waals surface area contributed by atoms with Gasteiger partial charge in [-0.3, -0.25) is 4.79 Å². The standard InChI is InChI=1S/C14H14N2O3/c1-18-10-5-3-9(4-6-10)16-12-7-11(15)13(17)8-14(12)19-2/h3-8H,15H2,1-2H3. The lowest BCUT2D eigenvalue weighted by Gasteiger charge is -2.11. The van der Waals surface area contributed by atoms with Crippen LogP contribution in [0.5, 0.6) is 5.75 Å². The minimum Gasteiger partial charge on any atom is -0.497 e. The average Bonchev–Trinajstić information content (AvgIpc) is 2.43. The van der Waals surface area contributed by atoms with E-state index >= 15 is 0 Å². The van der Waals surface area contributed by atoms with Gasteiger partial charge < -0.3 is 15.2 Å². The van der Waals surface area contributed by atoms with E-state index in [1.807, 2.05) is 0 Å². The molecule has 2 N–H and O–H groups in total. The molecule has 0 bridgehead atoms. The van der Waals surface area contributed by atoms with Gasteiger partial charge in [-0.15, -0.1) is 0 Å². The van der Waals surface area contributed by atoms with Crippen LogP contribution in [-0.2, 0) is 9.53 Å². The number of benzene rings is 1. The van der Waals surface area contributed by atoms with Gasteiger partial charge in [0.25, 0.3) is 0 Å². The summed E-state index contributed by atoms with van der Waals surface area (Å²) in [6.45, 7) is 0. The van der Waals surface area contributed by atoms with Crippen LogP contribution in [0.15, 0.2) is 52.9 Å². The molecule has 0 aliphatic heterocycles. The SMILES string of the molecule is COC1=CC(=O)C(N)=CC1=Nc1ccc(OC)cc1. The molecule has 0 amide bonds. The van der Waals surface area contributed by atoms with Crippen LogP contribution >= 0.6 is 0 Å². The van der Waals surface area contributed by atoms with E-state index in [1.54, 1.807) is 31.4 Å². The molecule has 0 spiro atoms. The maximum Gasteiger partial charge on any atom is 0.205 e. The van der Waals surface area contributed by atoms with Gasteiger partial charge in [0.15, 0.2) is 0 Å². The number of nitrogens with zero attached hydrogens (tertiary/aromatic N) is 1. The number of methoxy groups -OCH3 is 2. The normalized spacial score (nSPS) is 16.9. The monoisotopic (exact) mass is 258 g/mol. The summed E-state index contributed by atoms with van der Waals surface area (Å²) in [7, 11) is 3.08. The Morgan fingerprint density at radius 3 is 2.32 bits per heavy atom. The second-order valence-corrected chi connectivity index (χ2v) is 3.87. The lowest BCUT2D eigenvalue weighted by Crippen LogP contribution is -2.19. The zero-order chi connectivity index (χ0) is 13.8. The minimum absolute atomic E-state index is 0.146. The number of aliphatic imine (C=N–C) groups is 1. The summed E-state index contributed by atoms with van der Waals surface area (Å²) >= 11 is 0. The first-order chi connectivity index (χ1) is 9.13. The maximum absolute atomic E-state index is 11.4. The Kier molecular flexibility index (Phi) is 3.66. The number of ether oxygens (including phenoxy) is 2. The molecule has 0 unspecified atom stereocenters. The molecule has 0 atom stereocenters. The second kappa shape index (κ2) is 5.39. The highest BCUT2D eigenvalue weighted by molar-refractivity contribution is 6.21. The van der Waals surface area contributed by atoms with Crippen LogP contribution in [0.1, 0.15) is 0 Å². The van der Waals surface area contributed by atoms with E-state index in [2.05, 4.69) is 4.99 Å². The number of hydrogen-bond acceptors (Lipinski definition) is 5. The summed E-state index contributed by atoms with van der Waals surface area (Å²) < 4.78 is 10.2. The summed E-state index contributed by atoms with van der Waals surface area (Å²) in [6, 6.07) is 7.21. The molecule has 1 aromatic rings. The molecular weight excluding hydrogens is 244 g/mol. The number of allylic oxidation sites excluding steroid dienone is 2. The zero-order valence-corrected chi connectivity index (χ0v) is 10.7. The van der Waals surface area contributed by atoms with Crippen molar-refractivity contribution in [3.8, 4) is 5.75 Å². The molecule has 1 aliphatic carbocycles. The van der Waals surface area contributed by atoms with E-state index in [4.69, 9.17) is 15.2 Å². The second-order valence-electron chi connectivity index (χ2n) is 3.87. The van der Waals surface area contributed by atoms with Crippen LogP contribution in [0.3, 0.4) is 0 Å². The van der Waals surface area contributed by atoms with Crippen molar-refractivity contribution < 1.29 is 14.3 Å². The Balaban J connectivity index is 2.35. The fraction of sp³-hybridized carbons (Fsp3) is 0.143. The molecule has 0 saturated heterocycles. The number of nitrogens with two attached hydrogens (primary N) is 1. The minimum atomic E-state index is -0.273. The number of ketones is 1. The van der Waals surface area contributed by atoms with E-state index in [1.165, 1.54) is 19.3 Å². The average molecular weight is 258 g/mol. The molecule has 0 fully saturated rings. The van der Waals surface area contributed by atoms with Crippen molar-refractivity contribution in [2.75, 3.05) is 14.2 Å². The van der Waals surface area contributed by atoms with Crippen LogP contribution in [0, 0.1) is 0 Å². The zero-order valence-electron chi connectivity index (χ0n) is 10.7.